The summed E-state index contributed by atoms with van der Waals surface area (Å²) in [5.41, 5.74) is 1.73. The topological polar surface area (TPSA) is 71.6 Å². The van der Waals surface area contributed by atoms with Crippen LogP contribution in [0.3, 0.4) is 0 Å². The largest absolute Gasteiger partial charge is 0.467 e. The Bertz CT molecular complexity index is 1140. The van der Waals surface area contributed by atoms with E-state index in [0.717, 1.165) is 22.2 Å². The van der Waals surface area contributed by atoms with Crippen LogP contribution in [-0.4, -0.2) is 45.0 Å². The van der Waals surface area contributed by atoms with Crippen molar-refractivity contribution in [3.05, 3.63) is 47.7 Å². The van der Waals surface area contributed by atoms with Crippen LogP contribution in [0.25, 0.3) is 10.9 Å². The molecule has 1 amide bonds. The lowest BCUT2D eigenvalue weighted by Gasteiger charge is -2.40. The van der Waals surface area contributed by atoms with E-state index in [1.54, 1.807) is 4.90 Å². The first-order chi connectivity index (χ1) is 13.7. The van der Waals surface area contributed by atoms with Crippen LogP contribution in [0.4, 0.5) is 0 Å². The number of hydrogen-bond donors (Lipinski definition) is 1. The number of aromatic nitrogens is 1. The number of nitrogens with zero attached hydrogens (tertiary/aromatic N) is 1. The van der Waals surface area contributed by atoms with Gasteiger partial charge < -0.3 is 19.4 Å². The first kappa shape index (κ1) is 17.7. The molecule has 29 heavy (non-hydrogen) atoms. The SMILES string of the molecule is COC(=O)[C@@H]1Cc2c([nH]c3ccccc23)[C@@H]2N1C(=O)[C@@H]1C(C)(C)[C@@]3(Br)C=C[C@@]21O3. The third-order valence-electron chi connectivity index (χ3n) is 7.47. The van der Waals surface area contributed by atoms with Gasteiger partial charge in [0.2, 0.25) is 5.91 Å². The van der Waals surface area contributed by atoms with Gasteiger partial charge in [0.1, 0.15) is 22.2 Å². The smallest absolute Gasteiger partial charge is 0.328 e. The maximum absolute atomic E-state index is 13.8. The minimum absolute atomic E-state index is 0.0506. The summed E-state index contributed by atoms with van der Waals surface area (Å²) in [7, 11) is 1.38. The fourth-order valence-electron chi connectivity index (χ4n) is 6.12. The summed E-state index contributed by atoms with van der Waals surface area (Å²) in [6, 6.07) is 6.98. The quantitative estimate of drug-likeness (QED) is 0.406. The van der Waals surface area contributed by atoms with Crippen molar-refractivity contribution in [2.45, 2.75) is 42.5 Å². The van der Waals surface area contributed by atoms with E-state index in [4.69, 9.17) is 9.47 Å². The Kier molecular flexibility index (Phi) is 3.13. The zero-order valence-corrected chi connectivity index (χ0v) is 17.9. The van der Waals surface area contributed by atoms with E-state index in [0.29, 0.717) is 6.42 Å². The molecule has 6 nitrogen and oxygen atoms in total. The monoisotopic (exact) mass is 456 g/mol. The van der Waals surface area contributed by atoms with Crippen molar-refractivity contribution in [2.24, 2.45) is 11.3 Å². The zero-order chi connectivity index (χ0) is 20.3. The van der Waals surface area contributed by atoms with Gasteiger partial charge in [0.15, 0.2) is 0 Å². The van der Waals surface area contributed by atoms with E-state index in [-0.39, 0.29) is 11.9 Å². The Morgan fingerprint density at radius 2 is 2.07 bits per heavy atom. The predicted molar refractivity (Wildman–Crippen MR) is 109 cm³/mol. The molecule has 0 aliphatic carbocycles. The highest BCUT2D eigenvalue weighted by Crippen LogP contribution is 2.71. The van der Waals surface area contributed by atoms with Gasteiger partial charge in [-0.25, -0.2) is 4.79 Å². The molecule has 2 bridgehead atoms. The molecule has 2 fully saturated rings. The Balaban J connectivity index is 1.65. The number of H-pyrrole nitrogens is 1. The number of fused-ring (bicyclic) bond motifs is 6. The molecule has 5 atom stereocenters. The average Bonchev–Trinajstić information content (AvgIpc) is 3.36. The fraction of sp³-hybridized carbons (Fsp3) is 0.455. The van der Waals surface area contributed by atoms with Crippen molar-refractivity contribution in [1.82, 2.24) is 9.88 Å². The van der Waals surface area contributed by atoms with Gasteiger partial charge in [0, 0.05) is 28.4 Å². The third-order valence-corrected chi connectivity index (χ3v) is 8.92. The van der Waals surface area contributed by atoms with Crippen molar-refractivity contribution in [2.75, 3.05) is 7.11 Å². The minimum Gasteiger partial charge on any atom is -0.467 e. The number of amides is 1. The molecule has 2 aromatic rings. The number of esters is 1. The standard InChI is InChI=1S/C22H21BrN2O4/c1-20(2)16-18(26)25-14(19(27)28-3)10-12-11-6-4-5-7-13(11)24-15(12)17(25)21(16)8-9-22(20,23)29-21/h4-9,14,16-17,24H,10H2,1-3H3/t14-,16+,17-,21-,22+/m0/s1. The van der Waals surface area contributed by atoms with Gasteiger partial charge in [-0.05, 0) is 39.7 Å². The lowest BCUT2D eigenvalue weighted by molar-refractivity contribution is -0.156. The summed E-state index contributed by atoms with van der Waals surface area (Å²) in [5.74, 6) is -0.834. The first-order valence-electron chi connectivity index (χ1n) is 9.84. The molecule has 1 N–H and O–H groups in total. The first-order valence-corrected chi connectivity index (χ1v) is 10.6. The predicted octanol–water partition coefficient (Wildman–Crippen LogP) is 3.22. The molecule has 4 aliphatic heterocycles. The molecule has 0 radical (unpaired) electrons. The molecule has 150 valence electrons. The number of hydrogen-bond acceptors (Lipinski definition) is 4. The van der Waals surface area contributed by atoms with Crippen LogP contribution in [0.5, 0.6) is 0 Å². The van der Waals surface area contributed by atoms with Crippen LogP contribution < -0.4 is 0 Å². The molecule has 4 aliphatic rings. The van der Waals surface area contributed by atoms with Gasteiger partial charge in [-0.15, -0.1) is 0 Å². The summed E-state index contributed by atoms with van der Waals surface area (Å²) in [6.07, 6.45) is 4.47. The molecule has 1 aromatic carbocycles. The normalized spacial score (nSPS) is 38.3. The molecule has 2 saturated heterocycles. The van der Waals surface area contributed by atoms with E-state index in [2.05, 4.69) is 27.0 Å². The third kappa shape index (κ3) is 1.79. The maximum Gasteiger partial charge on any atom is 0.328 e. The van der Waals surface area contributed by atoms with Gasteiger partial charge in [-0.1, -0.05) is 32.0 Å². The molecule has 1 spiro atoms. The van der Waals surface area contributed by atoms with Crippen LogP contribution >= 0.6 is 15.9 Å². The van der Waals surface area contributed by atoms with Crippen LogP contribution in [0, 0.1) is 11.3 Å². The lowest BCUT2D eigenvalue weighted by Crippen LogP contribution is -2.52. The number of methoxy groups -OCH3 is 1. The second-order valence-electron chi connectivity index (χ2n) is 9.04. The van der Waals surface area contributed by atoms with Crippen molar-refractivity contribution >= 4 is 38.7 Å². The Hall–Kier alpha value is -2.12. The number of nitrogens with one attached hydrogen (secondary N) is 1. The zero-order valence-electron chi connectivity index (χ0n) is 16.4. The summed E-state index contributed by atoms with van der Waals surface area (Å²) in [4.78, 5) is 31.8. The van der Waals surface area contributed by atoms with E-state index >= 15 is 0 Å². The van der Waals surface area contributed by atoms with Crippen molar-refractivity contribution in [3.8, 4) is 0 Å². The summed E-state index contributed by atoms with van der Waals surface area (Å²) in [5, 5.41) is 1.08. The van der Waals surface area contributed by atoms with Crippen LogP contribution in [0.15, 0.2) is 36.4 Å². The molecular formula is C22H21BrN2O4. The number of ether oxygens (including phenoxy) is 2. The summed E-state index contributed by atoms with van der Waals surface area (Å²) in [6.45, 7) is 4.10. The van der Waals surface area contributed by atoms with Gasteiger partial charge in [0.25, 0.3) is 0 Å². The van der Waals surface area contributed by atoms with Gasteiger partial charge in [-0.3, -0.25) is 4.79 Å². The molecule has 6 rings (SSSR count). The number of carbonyl (C=O) groups excluding carboxylic acids is 2. The number of alkyl halides is 1. The molecule has 1 aromatic heterocycles. The molecule has 0 unspecified atom stereocenters. The van der Waals surface area contributed by atoms with Crippen LogP contribution in [0.2, 0.25) is 0 Å². The van der Waals surface area contributed by atoms with Crippen molar-refractivity contribution in [3.63, 3.8) is 0 Å². The van der Waals surface area contributed by atoms with Crippen molar-refractivity contribution < 1.29 is 19.1 Å². The fourth-order valence-corrected chi connectivity index (χ4v) is 6.76. The number of carbonyl (C=O) groups is 2. The molecular weight excluding hydrogens is 436 g/mol. The summed E-state index contributed by atoms with van der Waals surface area (Å²) >= 11 is 3.75. The Morgan fingerprint density at radius 1 is 1.31 bits per heavy atom. The second-order valence-corrected chi connectivity index (χ2v) is 10.2. The molecule has 5 heterocycles. The Morgan fingerprint density at radius 3 is 2.83 bits per heavy atom. The van der Waals surface area contributed by atoms with Crippen molar-refractivity contribution in [1.29, 1.82) is 0 Å². The second kappa shape index (κ2) is 5.13. The van der Waals surface area contributed by atoms with Gasteiger partial charge in [0.05, 0.1) is 13.0 Å². The number of rotatable bonds is 1. The van der Waals surface area contributed by atoms with Gasteiger partial charge in [-0.2, -0.15) is 0 Å². The van der Waals surface area contributed by atoms with E-state index in [9.17, 15) is 9.59 Å². The minimum atomic E-state index is -0.827. The lowest BCUT2D eigenvalue weighted by atomic mass is 9.66. The average molecular weight is 457 g/mol. The summed E-state index contributed by atoms with van der Waals surface area (Å²) < 4.78 is 11.0. The highest BCUT2D eigenvalue weighted by Gasteiger charge is 2.79. The van der Waals surface area contributed by atoms with Crippen LogP contribution in [0.1, 0.15) is 31.1 Å². The van der Waals surface area contributed by atoms with E-state index in [1.165, 1.54) is 7.11 Å². The Labute approximate surface area is 176 Å². The number of para-hydroxylation sites is 1. The number of halogens is 1. The maximum atomic E-state index is 13.8. The number of benzene rings is 1. The van der Waals surface area contributed by atoms with Gasteiger partial charge >= 0.3 is 5.97 Å². The van der Waals surface area contributed by atoms with E-state index in [1.807, 2.05) is 44.2 Å². The highest BCUT2D eigenvalue weighted by atomic mass is 79.9. The molecule has 0 saturated carbocycles. The highest BCUT2D eigenvalue weighted by molar-refractivity contribution is 9.10. The number of aromatic amines is 1. The molecule has 7 heteroatoms. The van der Waals surface area contributed by atoms with E-state index < -0.39 is 33.5 Å². The van der Waals surface area contributed by atoms with Crippen LogP contribution in [-0.2, 0) is 25.5 Å².